The number of rotatable bonds is 7. The molecule has 0 amide bonds. The van der Waals surface area contributed by atoms with Crippen LogP contribution in [0.4, 0.5) is 0 Å². The fraction of sp³-hybridized carbons (Fsp3) is 0.765. The van der Waals surface area contributed by atoms with Crippen LogP contribution in [0, 0.1) is 11.5 Å². The average molecular weight is 233 g/mol. The summed E-state index contributed by atoms with van der Waals surface area (Å²) in [5.74, 6) is 0. The van der Waals surface area contributed by atoms with E-state index in [0.717, 1.165) is 0 Å². The molecule has 1 unspecified atom stereocenters. The van der Waals surface area contributed by atoms with Crippen LogP contribution in [0.5, 0.6) is 0 Å². The molecular weight excluding hydrogens is 204 g/mol. The van der Waals surface area contributed by atoms with Crippen LogP contribution in [-0.2, 0) is 0 Å². The highest BCUT2D eigenvalue weighted by molar-refractivity contribution is 5.41. The van der Waals surface area contributed by atoms with Gasteiger partial charge in [0.25, 0.3) is 0 Å². The molecule has 0 nitrogen and oxygen atoms in total. The number of hydrogen-bond donors (Lipinski definition) is 0. The highest BCUT2D eigenvalue weighted by Gasteiger charge is 2.30. The van der Waals surface area contributed by atoms with Crippen LogP contribution in [0.1, 0.15) is 79.6 Å². The van der Waals surface area contributed by atoms with E-state index in [1.807, 2.05) is 0 Å². The number of allylic oxidation sites excluding steroid dienone is 4. The topological polar surface area (TPSA) is 0 Å². The Kier molecular flexibility index (Phi) is 5.49. The maximum absolute atomic E-state index is 3.67. The van der Waals surface area contributed by atoms with Gasteiger partial charge in [-0.05, 0) is 44.4 Å². The standard InChI is InChI=1S/C17H29/c1-6-7-8-9-10-11-12-17(5)13-14(2)15(3)16(17)4/h6-12H2,1-5H3. The molecule has 0 saturated heterocycles. The van der Waals surface area contributed by atoms with Crippen molar-refractivity contribution in [3.63, 3.8) is 0 Å². The Morgan fingerprint density at radius 3 is 2.06 bits per heavy atom. The Morgan fingerprint density at radius 1 is 0.941 bits per heavy atom. The van der Waals surface area contributed by atoms with Crippen molar-refractivity contribution in [3.8, 4) is 0 Å². The molecule has 0 aromatic carbocycles. The lowest BCUT2D eigenvalue weighted by Gasteiger charge is -2.24. The zero-order valence-electron chi connectivity index (χ0n) is 12.4. The van der Waals surface area contributed by atoms with E-state index < -0.39 is 0 Å². The molecule has 0 heterocycles. The lowest BCUT2D eigenvalue weighted by molar-refractivity contribution is 0.424. The fourth-order valence-corrected chi connectivity index (χ4v) is 2.81. The van der Waals surface area contributed by atoms with Gasteiger partial charge in [0.1, 0.15) is 0 Å². The van der Waals surface area contributed by atoms with Crippen molar-refractivity contribution < 1.29 is 0 Å². The molecule has 0 saturated carbocycles. The van der Waals surface area contributed by atoms with Crippen LogP contribution in [0.25, 0.3) is 0 Å². The Bertz CT molecular complexity index is 306. The monoisotopic (exact) mass is 233 g/mol. The van der Waals surface area contributed by atoms with E-state index in [1.165, 1.54) is 56.1 Å². The second kappa shape index (κ2) is 6.42. The Morgan fingerprint density at radius 2 is 1.53 bits per heavy atom. The maximum Gasteiger partial charge on any atom is 0.0142 e. The van der Waals surface area contributed by atoms with E-state index in [2.05, 4.69) is 40.7 Å². The summed E-state index contributed by atoms with van der Waals surface area (Å²) in [4.78, 5) is 0. The van der Waals surface area contributed by atoms with Crippen molar-refractivity contribution in [2.45, 2.75) is 79.6 Å². The molecular formula is C17H29. The highest BCUT2D eigenvalue weighted by Crippen LogP contribution is 2.43. The summed E-state index contributed by atoms with van der Waals surface area (Å²) in [5, 5.41) is 0. The summed E-state index contributed by atoms with van der Waals surface area (Å²) in [6.07, 6.45) is 13.3. The predicted octanol–water partition coefficient (Wildman–Crippen LogP) is 5.84. The third-order valence-corrected chi connectivity index (χ3v) is 4.45. The summed E-state index contributed by atoms with van der Waals surface area (Å²) < 4.78 is 0. The molecule has 0 aromatic rings. The van der Waals surface area contributed by atoms with Crippen LogP contribution in [-0.4, -0.2) is 0 Å². The highest BCUT2D eigenvalue weighted by atomic mass is 14.3. The molecule has 0 heteroatoms. The Hall–Kier alpha value is -0.520. The molecule has 1 rings (SSSR count). The van der Waals surface area contributed by atoms with Gasteiger partial charge in [0.05, 0.1) is 0 Å². The Labute approximate surface area is 108 Å². The van der Waals surface area contributed by atoms with Gasteiger partial charge in [-0.3, -0.25) is 0 Å². The van der Waals surface area contributed by atoms with E-state index in [9.17, 15) is 0 Å². The molecule has 0 fully saturated rings. The number of unbranched alkanes of at least 4 members (excludes halogenated alkanes) is 5. The second-order valence-corrected chi connectivity index (χ2v) is 5.85. The van der Waals surface area contributed by atoms with Gasteiger partial charge in [-0.25, -0.2) is 0 Å². The smallest absolute Gasteiger partial charge is 0.0142 e. The van der Waals surface area contributed by atoms with E-state index in [0.29, 0.717) is 0 Å². The largest absolute Gasteiger partial charge is 0.0654 e. The minimum atomic E-state index is 0.235. The number of hydrogen-bond acceptors (Lipinski definition) is 0. The van der Waals surface area contributed by atoms with Crippen molar-refractivity contribution in [1.29, 1.82) is 0 Å². The first-order valence-electron chi connectivity index (χ1n) is 7.31. The SMILES string of the molecule is CCCCCCCCC1(C)[C]=C(C)C(C)=C1C. The van der Waals surface area contributed by atoms with Gasteiger partial charge >= 0.3 is 0 Å². The molecule has 1 aliphatic carbocycles. The average Bonchev–Trinajstić information content (AvgIpc) is 2.48. The normalized spacial score (nSPS) is 24.4. The van der Waals surface area contributed by atoms with Gasteiger partial charge in [-0.2, -0.15) is 0 Å². The van der Waals surface area contributed by atoms with Crippen molar-refractivity contribution in [1.82, 2.24) is 0 Å². The van der Waals surface area contributed by atoms with Gasteiger partial charge in [0, 0.05) is 5.41 Å². The third-order valence-electron chi connectivity index (χ3n) is 4.45. The predicted molar refractivity (Wildman–Crippen MR) is 76.9 cm³/mol. The summed E-state index contributed by atoms with van der Waals surface area (Å²) in [6.45, 7) is 11.4. The minimum absolute atomic E-state index is 0.235. The molecule has 1 radical (unpaired) electrons. The van der Waals surface area contributed by atoms with E-state index in [1.54, 1.807) is 5.57 Å². The first kappa shape index (κ1) is 14.5. The summed E-state index contributed by atoms with van der Waals surface area (Å²) in [5.41, 5.74) is 4.62. The van der Waals surface area contributed by atoms with Crippen LogP contribution in [0.2, 0.25) is 0 Å². The third kappa shape index (κ3) is 3.72. The summed E-state index contributed by atoms with van der Waals surface area (Å²) in [7, 11) is 0. The van der Waals surface area contributed by atoms with Gasteiger partial charge in [0.15, 0.2) is 0 Å². The zero-order chi connectivity index (χ0) is 12.9. The summed E-state index contributed by atoms with van der Waals surface area (Å²) in [6, 6.07) is 0. The molecule has 97 valence electrons. The molecule has 17 heavy (non-hydrogen) atoms. The molecule has 0 bridgehead atoms. The van der Waals surface area contributed by atoms with Gasteiger partial charge in [-0.1, -0.05) is 57.9 Å². The van der Waals surface area contributed by atoms with E-state index >= 15 is 0 Å². The minimum Gasteiger partial charge on any atom is -0.0654 e. The van der Waals surface area contributed by atoms with Crippen molar-refractivity contribution in [2.24, 2.45) is 5.41 Å². The summed E-state index contributed by atoms with van der Waals surface area (Å²) >= 11 is 0. The fourth-order valence-electron chi connectivity index (χ4n) is 2.81. The van der Waals surface area contributed by atoms with Gasteiger partial charge < -0.3 is 0 Å². The van der Waals surface area contributed by atoms with E-state index in [-0.39, 0.29) is 5.41 Å². The van der Waals surface area contributed by atoms with E-state index in [4.69, 9.17) is 0 Å². The maximum atomic E-state index is 3.67. The van der Waals surface area contributed by atoms with Gasteiger partial charge in [0.2, 0.25) is 0 Å². The second-order valence-electron chi connectivity index (χ2n) is 5.85. The van der Waals surface area contributed by atoms with Crippen LogP contribution in [0.15, 0.2) is 16.7 Å². The molecule has 0 spiro atoms. The molecule has 1 atom stereocenters. The molecule has 0 aromatic heterocycles. The quantitative estimate of drug-likeness (QED) is 0.484. The lowest BCUT2D eigenvalue weighted by Crippen LogP contribution is -2.13. The lowest BCUT2D eigenvalue weighted by atomic mass is 9.80. The van der Waals surface area contributed by atoms with Crippen molar-refractivity contribution in [3.05, 3.63) is 22.8 Å². The van der Waals surface area contributed by atoms with Gasteiger partial charge in [-0.15, -0.1) is 0 Å². The first-order chi connectivity index (χ1) is 8.01. The van der Waals surface area contributed by atoms with Crippen LogP contribution >= 0.6 is 0 Å². The van der Waals surface area contributed by atoms with Crippen LogP contribution < -0.4 is 0 Å². The molecule has 0 aliphatic heterocycles. The zero-order valence-corrected chi connectivity index (χ0v) is 12.4. The van der Waals surface area contributed by atoms with Crippen molar-refractivity contribution >= 4 is 0 Å². The van der Waals surface area contributed by atoms with Crippen molar-refractivity contribution in [2.75, 3.05) is 0 Å². The Balaban J connectivity index is 2.33. The molecule has 0 N–H and O–H groups in total. The molecule has 1 aliphatic rings. The first-order valence-corrected chi connectivity index (χ1v) is 7.31. The van der Waals surface area contributed by atoms with Crippen LogP contribution in [0.3, 0.4) is 0 Å².